The highest BCUT2D eigenvalue weighted by molar-refractivity contribution is 7.80. The molecule has 1 amide bonds. The van der Waals surface area contributed by atoms with Crippen LogP contribution in [0.4, 0.5) is 4.39 Å². The molecule has 2 rings (SSSR count). The summed E-state index contributed by atoms with van der Waals surface area (Å²) in [6.07, 6.45) is 2.22. The molecule has 0 unspecified atom stereocenters. The number of nitrogens with one attached hydrogen (secondary N) is 3. The molecule has 2 aromatic rings. The zero-order valence-electron chi connectivity index (χ0n) is 15.8. The van der Waals surface area contributed by atoms with Gasteiger partial charge in [-0.25, -0.2) is 4.39 Å². The van der Waals surface area contributed by atoms with Crippen molar-refractivity contribution >= 4 is 29.0 Å². The van der Waals surface area contributed by atoms with Crippen LogP contribution < -0.4 is 16.2 Å². The van der Waals surface area contributed by atoms with Crippen molar-refractivity contribution in [2.75, 3.05) is 0 Å². The van der Waals surface area contributed by atoms with E-state index in [9.17, 15) is 14.0 Å². The van der Waals surface area contributed by atoms with Crippen molar-refractivity contribution in [1.82, 2.24) is 16.2 Å². The lowest BCUT2D eigenvalue weighted by Crippen LogP contribution is -2.46. The van der Waals surface area contributed by atoms with Gasteiger partial charge in [0.05, 0.1) is 0 Å². The molecule has 2 aromatic carbocycles. The summed E-state index contributed by atoms with van der Waals surface area (Å²) in [6, 6.07) is 13.5. The van der Waals surface area contributed by atoms with E-state index in [1.807, 2.05) is 12.1 Å². The van der Waals surface area contributed by atoms with Crippen molar-refractivity contribution in [3.63, 3.8) is 0 Å². The third-order valence-electron chi connectivity index (χ3n) is 4.08. The van der Waals surface area contributed by atoms with Gasteiger partial charge in [0.1, 0.15) is 5.82 Å². The fourth-order valence-corrected chi connectivity index (χ4v) is 2.66. The van der Waals surface area contributed by atoms with Crippen LogP contribution in [0.1, 0.15) is 47.7 Å². The van der Waals surface area contributed by atoms with Crippen LogP contribution in [-0.4, -0.2) is 16.8 Å². The van der Waals surface area contributed by atoms with Gasteiger partial charge in [0.2, 0.25) is 5.91 Å². The Balaban J connectivity index is 1.66. The number of hydrazine groups is 1. The number of thiocarbonyl (C=S) groups is 1. The molecule has 0 atom stereocenters. The Hall–Kier alpha value is -2.80. The van der Waals surface area contributed by atoms with Gasteiger partial charge < -0.3 is 5.32 Å². The minimum absolute atomic E-state index is 0.0587. The highest BCUT2D eigenvalue weighted by Crippen LogP contribution is 2.10. The van der Waals surface area contributed by atoms with E-state index < -0.39 is 0 Å². The van der Waals surface area contributed by atoms with Crippen molar-refractivity contribution in [2.45, 2.75) is 39.2 Å². The van der Waals surface area contributed by atoms with Gasteiger partial charge in [-0.15, -0.1) is 0 Å². The van der Waals surface area contributed by atoms with E-state index in [0.717, 1.165) is 18.4 Å². The summed E-state index contributed by atoms with van der Waals surface area (Å²) in [5, 5.41) is 3.13. The molecule has 0 aliphatic carbocycles. The topological polar surface area (TPSA) is 70.2 Å². The second kappa shape index (κ2) is 11.1. The van der Waals surface area contributed by atoms with Gasteiger partial charge in [0.25, 0.3) is 0 Å². The summed E-state index contributed by atoms with van der Waals surface area (Å²) in [5.41, 5.74) is 7.70. The van der Waals surface area contributed by atoms with Crippen LogP contribution in [0, 0.1) is 5.82 Å². The van der Waals surface area contributed by atoms with Crippen LogP contribution in [0.3, 0.4) is 0 Å². The molecule has 0 spiro atoms. The van der Waals surface area contributed by atoms with Crippen molar-refractivity contribution < 1.29 is 14.0 Å². The first kappa shape index (κ1) is 21.5. The quantitative estimate of drug-likeness (QED) is 0.359. The van der Waals surface area contributed by atoms with Crippen LogP contribution in [0.5, 0.6) is 0 Å². The zero-order valence-corrected chi connectivity index (χ0v) is 16.6. The predicted molar refractivity (Wildman–Crippen MR) is 111 cm³/mol. The minimum atomic E-state index is -0.332. The maximum atomic E-state index is 12.9. The molecule has 148 valence electrons. The Morgan fingerprint density at radius 3 is 2.21 bits per heavy atom. The number of carbonyl (C=O) groups excluding carboxylic acids is 2. The van der Waals surface area contributed by atoms with E-state index in [1.54, 1.807) is 24.3 Å². The number of amides is 1. The first-order valence-corrected chi connectivity index (χ1v) is 9.58. The number of ketones is 1. The molecule has 0 fully saturated rings. The highest BCUT2D eigenvalue weighted by Gasteiger charge is 2.09. The van der Waals surface area contributed by atoms with Gasteiger partial charge in [-0.2, -0.15) is 0 Å². The maximum absolute atomic E-state index is 12.9. The summed E-state index contributed by atoms with van der Waals surface area (Å²) in [4.78, 5) is 24.1. The molecule has 0 aliphatic heterocycles. The molecule has 0 radical (unpaired) electrons. The lowest BCUT2D eigenvalue weighted by molar-refractivity contribution is -0.121. The number of benzene rings is 2. The smallest absolute Gasteiger partial charge is 0.238 e. The van der Waals surface area contributed by atoms with Crippen LogP contribution in [-0.2, 0) is 17.8 Å². The highest BCUT2D eigenvalue weighted by atomic mass is 32.1. The van der Waals surface area contributed by atoms with Gasteiger partial charge in [-0.1, -0.05) is 49.7 Å². The lowest BCUT2D eigenvalue weighted by Gasteiger charge is -2.11. The fraction of sp³-hybridized carbons (Fsp3) is 0.286. The predicted octanol–water partition coefficient (Wildman–Crippen LogP) is 3.44. The van der Waals surface area contributed by atoms with E-state index in [0.29, 0.717) is 12.1 Å². The molecular weight excluding hydrogens is 377 g/mol. The Morgan fingerprint density at radius 1 is 0.929 bits per heavy atom. The molecule has 7 heteroatoms. The second-order valence-electron chi connectivity index (χ2n) is 6.35. The number of rotatable bonds is 8. The first-order valence-electron chi connectivity index (χ1n) is 9.17. The standard InChI is InChI=1S/C21H24FN3O2S/c1-2-3-15-4-8-17(9-5-15)19(26)12-13-20(27)24-25-21(28)23-14-16-6-10-18(22)11-7-16/h4-11H,2-3,12-14H2,1H3,(H,24,27)(H2,23,25,28). The van der Waals surface area contributed by atoms with Crippen LogP contribution >= 0.6 is 12.2 Å². The third kappa shape index (κ3) is 7.44. The maximum Gasteiger partial charge on any atom is 0.238 e. The molecule has 3 N–H and O–H groups in total. The van der Waals surface area contributed by atoms with Gasteiger partial charge in [-0.3, -0.25) is 20.4 Å². The number of halogens is 1. The summed E-state index contributed by atoms with van der Waals surface area (Å²) in [5.74, 6) is -0.708. The van der Waals surface area contributed by atoms with Crippen LogP contribution in [0.15, 0.2) is 48.5 Å². The van der Waals surface area contributed by atoms with Gasteiger partial charge in [0.15, 0.2) is 10.9 Å². The molecule has 0 aromatic heterocycles. The minimum Gasteiger partial charge on any atom is -0.357 e. The van der Waals surface area contributed by atoms with E-state index in [4.69, 9.17) is 12.2 Å². The van der Waals surface area contributed by atoms with Crippen LogP contribution in [0.25, 0.3) is 0 Å². The largest absolute Gasteiger partial charge is 0.357 e. The number of carbonyl (C=O) groups is 2. The zero-order chi connectivity index (χ0) is 20.4. The summed E-state index contributed by atoms with van der Waals surface area (Å²) < 4.78 is 12.9. The Labute approximate surface area is 169 Å². The van der Waals surface area contributed by atoms with Gasteiger partial charge in [0, 0.05) is 24.9 Å². The summed E-state index contributed by atoms with van der Waals surface area (Å²) in [7, 11) is 0. The van der Waals surface area contributed by atoms with Crippen molar-refractivity contribution in [3.05, 3.63) is 71.0 Å². The fourth-order valence-electron chi connectivity index (χ4n) is 2.54. The average Bonchev–Trinajstić information content (AvgIpc) is 2.71. The van der Waals surface area contributed by atoms with Crippen molar-refractivity contribution in [3.8, 4) is 0 Å². The Morgan fingerprint density at radius 2 is 1.57 bits per heavy atom. The van der Waals surface area contributed by atoms with Crippen LogP contribution in [0.2, 0.25) is 0 Å². The monoisotopic (exact) mass is 401 g/mol. The van der Waals surface area contributed by atoms with Crippen molar-refractivity contribution in [1.29, 1.82) is 0 Å². The Kier molecular flexibility index (Phi) is 8.55. The molecule has 0 saturated heterocycles. The number of hydrogen-bond acceptors (Lipinski definition) is 3. The van der Waals surface area contributed by atoms with Gasteiger partial charge in [-0.05, 0) is 41.9 Å². The lowest BCUT2D eigenvalue weighted by atomic mass is 10.0. The molecule has 28 heavy (non-hydrogen) atoms. The number of aryl methyl sites for hydroxylation is 1. The molecule has 0 bridgehead atoms. The van der Waals surface area contributed by atoms with Crippen molar-refractivity contribution in [2.24, 2.45) is 0 Å². The molecular formula is C21H24FN3O2S. The number of Topliss-reactive ketones (excluding diaryl/α,β-unsaturated/α-hetero) is 1. The molecule has 0 aliphatic rings. The molecule has 0 heterocycles. The molecule has 5 nitrogen and oxygen atoms in total. The average molecular weight is 402 g/mol. The van der Waals surface area contributed by atoms with E-state index in [-0.39, 0.29) is 35.5 Å². The number of hydrogen-bond donors (Lipinski definition) is 3. The summed E-state index contributed by atoms with van der Waals surface area (Å²) >= 11 is 5.07. The van der Waals surface area contributed by atoms with E-state index >= 15 is 0 Å². The normalized spacial score (nSPS) is 10.2. The second-order valence-corrected chi connectivity index (χ2v) is 6.76. The SMILES string of the molecule is CCCc1ccc(C(=O)CCC(=O)NNC(=S)NCc2ccc(F)cc2)cc1. The first-order chi connectivity index (χ1) is 13.5. The van der Waals surface area contributed by atoms with Gasteiger partial charge >= 0.3 is 0 Å². The third-order valence-corrected chi connectivity index (χ3v) is 4.32. The molecule has 0 saturated carbocycles. The van der Waals surface area contributed by atoms with E-state index in [1.165, 1.54) is 17.7 Å². The summed E-state index contributed by atoms with van der Waals surface area (Å²) in [6.45, 7) is 2.50. The Bertz CT molecular complexity index is 807. The van der Waals surface area contributed by atoms with E-state index in [2.05, 4.69) is 23.1 Å².